The van der Waals surface area contributed by atoms with E-state index in [2.05, 4.69) is 5.32 Å². The van der Waals surface area contributed by atoms with Gasteiger partial charge in [-0.15, -0.1) is 0 Å². The fourth-order valence-corrected chi connectivity index (χ4v) is 2.54. The van der Waals surface area contributed by atoms with Crippen LogP contribution in [0.1, 0.15) is 18.9 Å². The zero-order valence-electron chi connectivity index (χ0n) is 8.94. The summed E-state index contributed by atoms with van der Waals surface area (Å²) in [5.41, 5.74) is 0.843. The van der Waals surface area contributed by atoms with Gasteiger partial charge in [0.1, 0.15) is 0 Å². The molecule has 0 heterocycles. The van der Waals surface area contributed by atoms with E-state index in [0.717, 1.165) is 18.5 Å². The Morgan fingerprint density at radius 2 is 1.87 bits per heavy atom. The van der Waals surface area contributed by atoms with Gasteiger partial charge in [0.25, 0.3) is 0 Å². The zero-order chi connectivity index (χ0) is 11.1. The lowest BCUT2D eigenvalue weighted by Gasteiger charge is -2.05. The SMILES string of the molecule is CCCNCS(=O)(=O)Cc1ccccc1. The van der Waals surface area contributed by atoms with Crippen LogP contribution < -0.4 is 5.32 Å². The Balaban J connectivity index is 2.50. The lowest BCUT2D eigenvalue weighted by Crippen LogP contribution is -2.24. The fourth-order valence-electron chi connectivity index (χ4n) is 1.28. The molecule has 1 rings (SSSR count). The standard InChI is InChI=1S/C11H17NO2S/c1-2-8-12-10-15(13,14)9-11-6-4-3-5-7-11/h3-7,12H,2,8-10H2,1H3. The van der Waals surface area contributed by atoms with Gasteiger partial charge in [-0.3, -0.25) is 0 Å². The van der Waals surface area contributed by atoms with Crippen molar-refractivity contribution >= 4 is 9.84 Å². The smallest absolute Gasteiger partial charge is 0.167 e. The quantitative estimate of drug-likeness (QED) is 0.750. The second-order valence-corrected chi connectivity index (χ2v) is 5.58. The highest BCUT2D eigenvalue weighted by Crippen LogP contribution is 2.04. The first-order valence-electron chi connectivity index (χ1n) is 5.09. The second kappa shape index (κ2) is 5.88. The number of nitrogens with one attached hydrogen (secondary N) is 1. The normalized spacial score (nSPS) is 11.5. The summed E-state index contributed by atoms with van der Waals surface area (Å²) >= 11 is 0. The maximum absolute atomic E-state index is 11.6. The van der Waals surface area contributed by atoms with Gasteiger partial charge in [-0.1, -0.05) is 37.3 Å². The molecular weight excluding hydrogens is 210 g/mol. The van der Waals surface area contributed by atoms with Gasteiger partial charge in [-0.2, -0.15) is 0 Å². The monoisotopic (exact) mass is 227 g/mol. The van der Waals surface area contributed by atoms with Crippen LogP contribution in [0, 0.1) is 0 Å². The second-order valence-electron chi connectivity index (χ2n) is 3.52. The van der Waals surface area contributed by atoms with Crippen LogP contribution >= 0.6 is 0 Å². The van der Waals surface area contributed by atoms with E-state index < -0.39 is 9.84 Å². The van der Waals surface area contributed by atoms with Crippen molar-refractivity contribution < 1.29 is 8.42 Å². The highest BCUT2D eigenvalue weighted by atomic mass is 32.2. The molecule has 0 atom stereocenters. The van der Waals surface area contributed by atoms with Crippen molar-refractivity contribution in [3.05, 3.63) is 35.9 Å². The van der Waals surface area contributed by atoms with E-state index in [4.69, 9.17) is 0 Å². The topological polar surface area (TPSA) is 46.2 Å². The van der Waals surface area contributed by atoms with Crippen LogP contribution in [-0.4, -0.2) is 20.8 Å². The van der Waals surface area contributed by atoms with E-state index in [-0.39, 0.29) is 11.6 Å². The third-order valence-electron chi connectivity index (χ3n) is 1.98. The molecule has 1 aromatic carbocycles. The van der Waals surface area contributed by atoms with Gasteiger partial charge in [-0.25, -0.2) is 8.42 Å². The molecule has 0 bridgehead atoms. The molecule has 84 valence electrons. The average molecular weight is 227 g/mol. The van der Waals surface area contributed by atoms with Crippen molar-refractivity contribution in [2.24, 2.45) is 0 Å². The molecule has 3 nitrogen and oxygen atoms in total. The minimum absolute atomic E-state index is 0.0652. The molecule has 15 heavy (non-hydrogen) atoms. The van der Waals surface area contributed by atoms with Gasteiger partial charge in [0, 0.05) is 0 Å². The maximum atomic E-state index is 11.6. The van der Waals surface area contributed by atoms with Crippen molar-refractivity contribution in [1.29, 1.82) is 0 Å². The molecule has 0 aliphatic carbocycles. The van der Waals surface area contributed by atoms with Crippen LogP contribution in [0.25, 0.3) is 0 Å². The van der Waals surface area contributed by atoms with Crippen molar-refractivity contribution in [2.75, 3.05) is 12.4 Å². The minimum atomic E-state index is -3.02. The molecule has 0 saturated heterocycles. The molecular formula is C11H17NO2S. The Kier molecular flexibility index (Phi) is 4.78. The van der Waals surface area contributed by atoms with E-state index in [0.29, 0.717) is 0 Å². The molecule has 1 aromatic rings. The largest absolute Gasteiger partial charge is 0.304 e. The first kappa shape index (κ1) is 12.2. The predicted molar refractivity (Wildman–Crippen MR) is 62.2 cm³/mol. The summed E-state index contributed by atoms with van der Waals surface area (Å²) in [6.45, 7) is 2.75. The van der Waals surface area contributed by atoms with Gasteiger partial charge in [0.15, 0.2) is 9.84 Å². The first-order chi connectivity index (χ1) is 7.14. The highest BCUT2D eigenvalue weighted by Gasteiger charge is 2.10. The van der Waals surface area contributed by atoms with Crippen LogP contribution in [0.5, 0.6) is 0 Å². The number of hydrogen-bond donors (Lipinski definition) is 1. The van der Waals surface area contributed by atoms with E-state index in [1.54, 1.807) is 0 Å². The molecule has 4 heteroatoms. The van der Waals surface area contributed by atoms with Crippen LogP contribution in [-0.2, 0) is 15.6 Å². The van der Waals surface area contributed by atoms with Gasteiger partial charge in [0.05, 0.1) is 11.6 Å². The number of benzene rings is 1. The van der Waals surface area contributed by atoms with Gasteiger partial charge in [-0.05, 0) is 18.5 Å². The summed E-state index contributed by atoms with van der Waals surface area (Å²) in [4.78, 5) is 0. The molecule has 0 unspecified atom stereocenters. The third kappa shape index (κ3) is 4.95. The number of sulfone groups is 1. The van der Waals surface area contributed by atoms with E-state index in [9.17, 15) is 8.42 Å². The van der Waals surface area contributed by atoms with Crippen LogP contribution in [0.15, 0.2) is 30.3 Å². The summed E-state index contributed by atoms with van der Waals surface area (Å²) in [5.74, 6) is 0.181. The Bertz CT molecular complexity index is 373. The fraction of sp³-hybridized carbons (Fsp3) is 0.455. The summed E-state index contributed by atoms with van der Waals surface area (Å²) in [5, 5.41) is 2.91. The van der Waals surface area contributed by atoms with Crippen molar-refractivity contribution in [1.82, 2.24) is 5.32 Å². The predicted octanol–water partition coefficient (Wildman–Crippen LogP) is 1.56. The van der Waals surface area contributed by atoms with E-state index >= 15 is 0 Å². The van der Waals surface area contributed by atoms with Crippen molar-refractivity contribution in [3.8, 4) is 0 Å². The van der Waals surface area contributed by atoms with Crippen LogP contribution in [0.2, 0.25) is 0 Å². The lowest BCUT2D eigenvalue weighted by atomic mass is 10.2. The molecule has 0 saturated carbocycles. The number of rotatable bonds is 6. The first-order valence-corrected chi connectivity index (χ1v) is 6.91. The highest BCUT2D eigenvalue weighted by molar-refractivity contribution is 7.90. The zero-order valence-corrected chi connectivity index (χ0v) is 9.76. The summed E-state index contributed by atoms with van der Waals surface area (Å²) in [6.07, 6.45) is 0.945. The van der Waals surface area contributed by atoms with Gasteiger partial charge in [0.2, 0.25) is 0 Å². The summed E-state index contributed by atoms with van der Waals surface area (Å²) < 4.78 is 23.2. The van der Waals surface area contributed by atoms with E-state index in [1.807, 2.05) is 37.3 Å². The molecule has 0 radical (unpaired) electrons. The molecule has 1 N–H and O–H groups in total. The minimum Gasteiger partial charge on any atom is -0.304 e. The molecule has 0 spiro atoms. The van der Waals surface area contributed by atoms with Crippen LogP contribution in [0.4, 0.5) is 0 Å². The summed E-state index contributed by atoms with van der Waals surface area (Å²) in [6, 6.07) is 9.24. The Morgan fingerprint density at radius 3 is 2.47 bits per heavy atom. The molecule has 0 amide bonds. The lowest BCUT2D eigenvalue weighted by molar-refractivity contribution is 0.585. The van der Waals surface area contributed by atoms with Crippen molar-refractivity contribution in [2.45, 2.75) is 19.1 Å². The average Bonchev–Trinajstić information content (AvgIpc) is 2.18. The summed E-state index contributed by atoms with van der Waals surface area (Å²) in [7, 11) is -3.02. The van der Waals surface area contributed by atoms with Gasteiger partial charge < -0.3 is 5.32 Å². The molecule has 0 aromatic heterocycles. The Hall–Kier alpha value is -0.870. The van der Waals surface area contributed by atoms with Crippen LogP contribution in [0.3, 0.4) is 0 Å². The molecule has 0 aliphatic heterocycles. The Morgan fingerprint density at radius 1 is 1.20 bits per heavy atom. The molecule has 0 fully saturated rings. The van der Waals surface area contributed by atoms with Crippen molar-refractivity contribution in [3.63, 3.8) is 0 Å². The Labute approximate surface area is 91.4 Å². The number of hydrogen-bond acceptors (Lipinski definition) is 3. The van der Waals surface area contributed by atoms with Gasteiger partial charge >= 0.3 is 0 Å². The van der Waals surface area contributed by atoms with E-state index in [1.165, 1.54) is 0 Å². The third-order valence-corrected chi connectivity index (χ3v) is 3.40. The maximum Gasteiger partial charge on any atom is 0.167 e. The molecule has 0 aliphatic rings.